The molecule has 0 aromatic heterocycles. The quantitative estimate of drug-likeness (QED) is 0.605. The topological polar surface area (TPSA) is 52.6 Å². The van der Waals surface area contributed by atoms with Gasteiger partial charge in [0, 0.05) is 12.1 Å². The fourth-order valence-corrected chi connectivity index (χ4v) is 1.07. The molecule has 2 amide bonds. The summed E-state index contributed by atoms with van der Waals surface area (Å²) in [5.41, 5.74) is -0.529. The first-order valence-corrected chi connectivity index (χ1v) is 4.66. The molecule has 0 bridgehead atoms. The molecule has 0 aliphatic rings. The summed E-state index contributed by atoms with van der Waals surface area (Å²) in [6.45, 7) is 3.35. The zero-order valence-electron chi connectivity index (χ0n) is 8.87. The number of rotatable bonds is 2. The van der Waals surface area contributed by atoms with Crippen molar-refractivity contribution in [3.8, 4) is 0 Å². The lowest BCUT2D eigenvalue weighted by atomic mass is 10.3. The van der Waals surface area contributed by atoms with Gasteiger partial charge in [-0.15, -0.1) is 0 Å². The van der Waals surface area contributed by atoms with E-state index in [1.54, 1.807) is 13.8 Å². The van der Waals surface area contributed by atoms with Crippen LogP contribution in [0, 0.1) is 11.6 Å². The number of hydrogen-bond acceptors (Lipinski definition) is 2. The summed E-state index contributed by atoms with van der Waals surface area (Å²) in [7, 11) is 0. The number of carbonyl (C=O) groups excluding carboxylic acids is 1. The number of urea groups is 1. The summed E-state index contributed by atoms with van der Waals surface area (Å²) in [6.07, 6.45) is 0. The van der Waals surface area contributed by atoms with Crippen LogP contribution in [0.5, 0.6) is 0 Å². The third-order valence-electron chi connectivity index (χ3n) is 1.74. The highest BCUT2D eigenvalue weighted by molar-refractivity contribution is 5.89. The minimum absolute atomic E-state index is 0.0401. The van der Waals surface area contributed by atoms with Crippen LogP contribution in [0.1, 0.15) is 13.8 Å². The van der Waals surface area contributed by atoms with Crippen molar-refractivity contribution in [2.24, 2.45) is 0 Å². The predicted molar refractivity (Wildman–Crippen MR) is 54.3 cm³/mol. The van der Waals surface area contributed by atoms with Crippen LogP contribution in [0.15, 0.2) is 18.2 Å². The van der Waals surface area contributed by atoms with Gasteiger partial charge in [-0.1, -0.05) is 0 Å². The predicted octanol–water partition coefficient (Wildman–Crippen LogP) is 2.28. The molecule has 1 aromatic rings. The van der Waals surface area contributed by atoms with Gasteiger partial charge in [-0.2, -0.15) is 5.06 Å². The van der Waals surface area contributed by atoms with Gasteiger partial charge in [0.05, 0.1) is 0 Å². The van der Waals surface area contributed by atoms with Crippen molar-refractivity contribution >= 4 is 11.7 Å². The average Bonchev–Trinajstić information content (AvgIpc) is 2.19. The first-order valence-electron chi connectivity index (χ1n) is 4.66. The molecule has 0 fully saturated rings. The average molecular weight is 230 g/mol. The van der Waals surface area contributed by atoms with Gasteiger partial charge in [0.2, 0.25) is 0 Å². The molecule has 0 spiro atoms. The molecule has 0 unspecified atom stereocenters. The number of nitrogens with one attached hydrogen (secondary N) is 1. The van der Waals surface area contributed by atoms with E-state index in [-0.39, 0.29) is 11.1 Å². The maximum Gasteiger partial charge on any atom is 0.346 e. The minimum atomic E-state index is -0.917. The Morgan fingerprint density at radius 3 is 2.62 bits per heavy atom. The van der Waals surface area contributed by atoms with E-state index in [4.69, 9.17) is 0 Å². The molecule has 0 saturated carbocycles. The number of nitrogens with zero attached hydrogens (tertiary/aromatic N) is 1. The van der Waals surface area contributed by atoms with E-state index in [1.807, 2.05) is 0 Å². The van der Waals surface area contributed by atoms with Gasteiger partial charge in [-0.25, -0.2) is 13.6 Å². The lowest BCUT2D eigenvalue weighted by Crippen LogP contribution is -2.41. The number of benzene rings is 1. The Bertz CT molecular complexity index is 396. The van der Waals surface area contributed by atoms with Crippen molar-refractivity contribution in [1.82, 2.24) is 5.32 Å². The summed E-state index contributed by atoms with van der Waals surface area (Å²) in [6, 6.07) is 1.32. The van der Waals surface area contributed by atoms with Crippen LogP contribution in [-0.2, 0) is 0 Å². The zero-order valence-corrected chi connectivity index (χ0v) is 8.87. The molecule has 0 aliphatic heterocycles. The molecule has 0 radical (unpaired) electrons. The van der Waals surface area contributed by atoms with Crippen LogP contribution in [0.4, 0.5) is 19.3 Å². The SMILES string of the molecule is CC(C)NC(=O)N(O)c1cc(F)ccc1F. The molecule has 0 atom stereocenters. The highest BCUT2D eigenvalue weighted by atomic mass is 19.1. The Hall–Kier alpha value is -1.69. The van der Waals surface area contributed by atoms with Gasteiger partial charge < -0.3 is 5.32 Å². The monoisotopic (exact) mass is 230 g/mol. The second-order valence-corrected chi connectivity index (χ2v) is 3.51. The third kappa shape index (κ3) is 2.90. The standard InChI is InChI=1S/C10H12F2N2O2/c1-6(2)13-10(15)14(16)9-5-7(11)3-4-8(9)12/h3-6,16H,1-2H3,(H,13,15). The van der Waals surface area contributed by atoms with Crippen LogP contribution in [-0.4, -0.2) is 17.3 Å². The summed E-state index contributed by atoms with van der Waals surface area (Å²) in [5, 5.41) is 11.7. The molecule has 88 valence electrons. The Kier molecular flexibility index (Phi) is 3.78. The summed E-state index contributed by atoms with van der Waals surface area (Å²) in [5.74, 6) is -1.63. The van der Waals surface area contributed by atoms with E-state index in [9.17, 15) is 18.8 Å². The van der Waals surface area contributed by atoms with Gasteiger partial charge in [-0.05, 0) is 26.0 Å². The first-order chi connectivity index (χ1) is 7.41. The van der Waals surface area contributed by atoms with Crippen LogP contribution in [0.2, 0.25) is 0 Å². The maximum absolute atomic E-state index is 13.2. The molecular weight excluding hydrogens is 218 g/mol. The summed E-state index contributed by atoms with van der Waals surface area (Å²) >= 11 is 0. The zero-order chi connectivity index (χ0) is 12.3. The van der Waals surface area contributed by atoms with Gasteiger partial charge in [0.15, 0.2) is 0 Å². The Morgan fingerprint density at radius 2 is 2.06 bits per heavy atom. The highest BCUT2D eigenvalue weighted by Crippen LogP contribution is 2.19. The molecule has 0 saturated heterocycles. The van der Waals surface area contributed by atoms with Crippen LogP contribution in [0.3, 0.4) is 0 Å². The minimum Gasteiger partial charge on any atom is -0.334 e. The number of halogens is 2. The van der Waals surface area contributed by atoms with Gasteiger partial charge >= 0.3 is 6.03 Å². The van der Waals surface area contributed by atoms with Crippen molar-refractivity contribution in [3.63, 3.8) is 0 Å². The van der Waals surface area contributed by atoms with Crippen molar-refractivity contribution in [2.75, 3.05) is 5.06 Å². The normalized spacial score (nSPS) is 10.4. The molecule has 2 N–H and O–H groups in total. The Morgan fingerprint density at radius 1 is 1.44 bits per heavy atom. The molecule has 6 heteroatoms. The first kappa shape index (κ1) is 12.4. The smallest absolute Gasteiger partial charge is 0.334 e. The van der Waals surface area contributed by atoms with E-state index in [2.05, 4.69) is 5.32 Å². The van der Waals surface area contributed by atoms with E-state index in [0.29, 0.717) is 0 Å². The van der Waals surface area contributed by atoms with Crippen molar-refractivity contribution in [2.45, 2.75) is 19.9 Å². The third-order valence-corrected chi connectivity index (χ3v) is 1.74. The van der Waals surface area contributed by atoms with E-state index < -0.39 is 23.4 Å². The summed E-state index contributed by atoms with van der Waals surface area (Å²) < 4.78 is 26.0. The number of amides is 2. The number of anilines is 1. The number of carbonyl (C=O) groups is 1. The largest absolute Gasteiger partial charge is 0.346 e. The lowest BCUT2D eigenvalue weighted by molar-refractivity contribution is 0.201. The van der Waals surface area contributed by atoms with E-state index >= 15 is 0 Å². The number of hydrogen-bond donors (Lipinski definition) is 2. The Balaban J connectivity index is 2.91. The second-order valence-electron chi connectivity index (χ2n) is 3.51. The fourth-order valence-electron chi connectivity index (χ4n) is 1.07. The second kappa shape index (κ2) is 4.89. The molecule has 0 heterocycles. The van der Waals surface area contributed by atoms with E-state index in [0.717, 1.165) is 18.2 Å². The molecular formula is C10H12F2N2O2. The van der Waals surface area contributed by atoms with Crippen LogP contribution < -0.4 is 10.4 Å². The van der Waals surface area contributed by atoms with Gasteiger partial charge in [0.1, 0.15) is 17.3 Å². The van der Waals surface area contributed by atoms with Crippen molar-refractivity contribution < 1.29 is 18.8 Å². The van der Waals surface area contributed by atoms with Crippen LogP contribution >= 0.6 is 0 Å². The molecule has 16 heavy (non-hydrogen) atoms. The number of hydroxylamine groups is 1. The van der Waals surface area contributed by atoms with Gasteiger partial charge in [0.25, 0.3) is 0 Å². The molecule has 1 rings (SSSR count). The summed E-state index contributed by atoms with van der Waals surface area (Å²) in [4.78, 5) is 11.3. The molecule has 4 nitrogen and oxygen atoms in total. The molecule has 1 aromatic carbocycles. The van der Waals surface area contributed by atoms with Crippen molar-refractivity contribution in [1.29, 1.82) is 0 Å². The van der Waals surface area contributed by atoms with Gasteiger partial charge in [-0.3, -0.25) is 5.21 Å². The van der Waals surface area contributed by atoms with Crippen LogP contribution in [0.25, 0.3) is 0 Å². The Labute approximate surface area is 91.4 Å². The molecule has 0 aliphatic carbocycles. The highest BCUT2D eigenvalue weighted by Gasteiger charge is 2.18. The van der Waals surface area contributed by atoms with E-state index in [1.165, 1.54) is 0 Å². The fraction of sp³-hybridized carbons (Fsp3) is 0.300. The maximum atomic E-state index is 13.2. The van der Waals surface area contributed by atoms with Crippen molar-refractivity contribution in [3.05, 3.63) is 29.8 Å². The lowest BCUT2D eigenvalue weighted by Gasteiger charge is -2.18.